The van der Waals surface area contributed by atoms with Gasteiger partial charge < -0.3 is 15.4 Å². The van der Waals surface area contributed by atoms with Crippen LogP contribution in [0.5, 0.6) is 0 Å². The van der Waals surface area contributed by atoms with Crippen LogP contribution < -0.4 is 10.6 Å². The van der Waals surface area contributed by atoms with Gasteiger partial charge in [0.2, 0.25) is 5.91 Å². The molecule has 2 amide bonds. The number of hydrogen-bond donors (Lipinski definition) is 2. The Morgan fingerprint density at radius 2 is 2.04 bits per heavy atom. The van der Waals surface area contributed by atoms with E-state index in [1.54, 1.807) is 12.1 Å². The van der Waals surface area contributed by atoms with Crippen molar-refractivity contribution in [1.29, 1.82) is 5.26 Å². The van der Waals surface area contributed by atoms with Gasteiger partial charge in [-0.05, 0) is 18.4 Å². The van der Waals surface area contributed by atoms with Crippen molar-refractivity contribution in [3.8, 4) is 6.07 Å². The number of nitriles is 1. The molecule has 0 radical (unpaired) electrons. The molecule has 0 aliphatic carbocycles. The highest BCUT2D eigenvalue weighted by Crippen LogP contribution is 2.09. The molecule has 1 atom stereocenters. The van der Waals surface area contributed by atoms with E-state index >= 15 is 0 Å². The Morgan fingerprint density at radius 3 is 2.65 bits per heavy atom. The van der Waals surface area contributed by atoms with Gasteiger partial charge in [-0.2, -0.15) is 5.26 Å². The number of amides is 2. The fourth-order valence-electron chi connectivity index (χ4n) is 1.90. The van der Waals surface area contributed by atoms with Gasteiger partial charge in [0.1, 0.15) is 25.0 Å². The molecule has 0 saturated heterocycles. The van der Waals surface area contributed by atoms with Gasteiger partial charge in [0.25, 0.3) is 0 Å². The van der Waals surface area contributed by atoms with E-state index in [1.165, 1.54) is 18.2 Å². The minimum Gasteiger partial charge on any atom is -0.445 e. The monoisotopic (exact) mass is 321 g/mol. The third-order valence-corrected chi connectivity index (χ3v) is 2.97. The summed E-state index contributed by atoms with van der Waals surface area (Å²) < 4.78 is 18.4. The van der Waals surface area contributed by atoms with Crippen LogP contribution >= 0.6 is 0 Å². The predicted octanol–water partition coefficient (Wildman–Crippen LogP) is 2.11. The van der Waals surface area contributed by atoms with Crippen molar-refractivity contribution in [2.24, 2.45) is 5.92 Å². The van der Waals surface area contributed by atoms with Gasteiger partial charge in [0, 0.05) is 5.56 Å². The number of alkyl carbamates (subject to hydrolysis) is 1. The SMILES string of the molecule is CC(C)C[C@H](NC(=O)OCc1ccccc1F)C(=O)NCC#N. The molecule has 6 nitrogen and oxygen atoms in total. The Hall–Kier alpha value is -2.62. The van der Waals surface area contributed by atoms with Crippen molar-refractivity contribution in [1.82, 2.24) is 10.6 Å². The molecule has 1 aromatic rings. The van der Waals surface area contributed by atoms with E-state index in [2.05, 4.69) is 10.6 Å². The number of nitrogens with zero attached hydrogens (tertiary/aromatic N) is 1. The Kier molecular flexibility index (Phi) is 7.54. The first-order chi connectivity index (χ1) is 10.9. The van der Waals surface area contributed by atoms with Crippen LogP contribution in [0, 0.1) is 23.1 Å². The highest BCUT2D eigenvalue weighted by atomic mass is 19.1. The number of rotatable bonds is 7. The summed E-state index contributed by atoms with van der Waals surface area (Å²) in [7, 11) is 0. The molecule has 0 spiro atoms. The zero-order chi connectivity index (χ0) is 17.2. The largest absolute Gasteiger partial charge is 0.445 e. The van der Waals surface area contributed by atoms with E-state index in [0.717, 1.165) is 0 Å². The maximum Gasteiger partial charge on any atom is 0.408 e. The maximum absolute atomic E-state index is 13.4. The standard InChI is InChI=1S/C16H20FN3O3/c1-11(2)9-14(15(21)19-8-7-18)20-16(22)23-10-12-5-3-4-6-13(12)17/h3-6,11,14H,8-10H2,1-2H3,(H,19,21)(H,20,22)/t14-/m0/s1. The van der Waals surface area contributed by atoms with Crippen molar-refractivity contribution in [2.75, 3.05) is 6.54 Å². The summed E-state index contributed by atoms with van der Waals surface area (Å²) in [6, 6.07) is 6.94. The Bertz CT molecular complexity index is 584. The van der Waals surface area contributed by atoms with E-state index in [4.69, 9.17) is 10.00 Å². The molecule has 0 saturated carbocycles. The molecular weight excluding hydrogens is 301 g/mol. The van der Waals surface area contributed by atoms with Gasteiger partial charge in [-0.1, -0.05) is 32.0 Å². The van der Waals surface area contributed by atoms with Crippen LogP contribution in [0.4, 0.5) is 9.18 Å². The quantitative estimate of drug-likeness (QED) is 0.752. The van der Waals surface area contributed by atoms with Crippen LogP contribution in [0.25, 0.3) is 0 Å². The van der Waals surface area contributed by atoms with E-state index in [-0.39, 0.29) is 24.6 Å². The molecule has 0 heterocycles. The summed E-state index contributed by atoms with van der Waals surface area (Å²) >= 11 is 0. The first-order valence-electron chi connectivity index (χ1n) is 7.25. The lowest BCUT2D eigenvalue weighted by Crippen LogP contribution is -2.47. The van der Waals surface area contributed by atoms with Gasteiger partial charge in [0.05, 0.1) is 6.07 Å². The summed E-state index contributed by atoms with van der Waals surface area (Å²) in [5.41, 5.74) is 0.247. The fraction of sp³-hybridized carbons (Fsp3) is 0.438. The third kappa shape index (κ3) is 6.78. The van der Waals surface area contributed by atoms with Gasteiger partial charge in [-0.3, -0.25) is 4.79 Å². The summed E-state index contributed by atoms with van der Waals surface area (Å²) in [6.07, 6.45) is -0.419. The van der Waals surface area contributed by atoms with Crippen LogP contribution in [0.1, 0.15) is 25.8 Å². The minimum absolute atomic E-state index is 0.140. The van der Waals surface area contributed by atoms with Crippen molar-refractivity contribution < 1.29 is 18.7 Å². The van der Waals surface area contributed by atoms with Crippen LogP contribution in [-0.2, 0) is 16.1 Å². The Labute approximate surface area is 134 Å². The number of nitrogens with one attached hydrogen (secondary N) is 2. The molecule has 2 N–H and O–H groups in total. The summed E-state index contributed by atoms with van der Waals surface area (Å²) in [5, 5.41) is 13.3. The molecule has 124 valence electrons. The molecule has 0 bridgehead atoms. The van der Waals surface area contributed by atoms with E-state index in [9.17, 15) is 14.0 Å². The smallest absolute Gasteiger partial charge is 0.408 e. The predicted molar refractivity (Wildman–Crippen MR) is 81.6 cm³/mol. The average Bonchev–Trinajstić information content (AvgIpc) is 2.50. The number of carbonyl (C=O) groups is 2. The molecule has 0 aliphatic heterocycles. The van der Waals surface area contributed by atoms with Crippen LogP contribution in [0.15, 0.2) is 24.3 Å². The van der Waals surface area contributed by atoms with E-state index in [1.807, 2.05) is 13.8 Å². The van der Waals surface area contributed by atoms with Gasteiger partial charge in [0.15, 0.2) is 0 Å². The molecule has 0 aliphatic rings. The Morgan fingerprint density at radius 1 is 1.35 bits per heavy atom. The lowest BCUT2D eigenvalue weighted by Gasteiger charge is -2.19. The molecule has 0 aromatic heterocycles. The molecule has 1 aromatic carbocycles. The molecule has 7 heteroatoms. The van der Waals surface area contributed by atoms with Crippen molar-refractivity contribution in [3.63, 3.8) is 0 Å². The first kappa shape index (κ1) is 18.4. The number of ether oxygens (including phenoxy) is 1. The third-order valence-electron chi connectivity index (χ3n) is 2.97. The molecule has 23 heavy (non-hydrogen) atoms. The average molecular weight is 321 g/mol. The van der Waals surface area contributed by atoms with Gasteiger partial charge in [-0.25, -0.2) is 9.18 Å². The zero-order valence-electron chi connectivity index (χ0n) is 13.1. The maximum atomic E-state index is 13.4. The molecule has 0 fully saturated rings. The summed E-state index contributed by atoms with van der Waals surface area (Å²) in [4.78, 5) is 23.7. The fourth-order valence-corrected chi connectivity index (χ4v) is 1.90. The van der Waals surface area contributed by atoms with Crippen molar-refractivity contribution in [3.05, 3.63) is 35.6 Å². The number of carbonyl (C=O) groups excluding carboxylic acids is 2. The summed E-state index contributed by atoms with van der Waals surface area (Å²) in [6.45, 7) is 3.43. The molecular formula is C16H20FN3O3. The number of benzene rings is 1. The van der Waals surface area contributed by atoms with E-state index < -0.39 is 23.9 Å². The normalized spacial score (nSPS) is 11.4. The highest BCUT2D eigenvalue weighted by molar-refractivity contribution is 5.85. The lowest BCUT2D eigenvalue weighted by molar-refractivity contribution is -0.123. The summed E-state index contributed by atoms with van der Waals surface area (Å²) in [5.74, 6) is -0.770. The minimum atomic E-state index is -0.814. The lowest BCUT2D eigenvalue weighted by atomic mass is 10.0. The highest BCUT2D eigenvalue weighted by Gasteiger charge is 2.22. The topological polar surface area (TPSA) is 91.2 Å². The molecule has 0 unspecified atom stereocenters. The van der Waals surface area contributed by atoms with Crippen molar-refractivity contribution in [2.45, 2.75) is 32.9 Å². The second-order valence-corrected chi connectivity index (χ2v) is 5.37. The van der Waals surface area contributed by atoms with Crippen LogP contribution in [0.2, 0.25) is 0 Å². The second kappa shape index (κ2) is 9.41. The van der Waals surface area contributed by atoms with E-state index in [0.29, 0.717) is 6.42 Å². The number of hydrogen-bond acceptors (Lipinski definition) is 4. The van der Waals surface area contributed by atoms with Gasteiger partial charge >= 0.3 is 6.09 Å². The second-order valence-electron chi connectivity index (χ2n) is 5.37. The van der Waals surface area contributed by atoms with Gasteiger partial charge in [-0.15, -0.1) is 0 Å². The first-order valence-corrected chi connectivity index (χ1v) is 7.25. The Balaban J connectivity index is 2.57. The van der Waals surface area contributed by atoms with Crippen LogP contribution in [0.3, 0.4) is 0 Å². The molecule has 1 rings (SSSR count). The number of halogens is 1. The zero-order valence-corrected chi connectivity index (χ0v) is 13.1. The van der Waals surface area contributed by atoms with Crippen molar-refractivity contribution >= 4 is 12.0 Å². The van der Waals surface area contributed by atoms with Crippen LogP contribution in [-0.4, -0.2) is 24.6 Å².